The van der Waals surface area contributed by atoms with Gasteiger partial charge in [-0.3, -0.25) is 14.1 Å². The summed E-state index contributed by atoms with van der Waals surface area (Å²) in [4.78, 5) is 27.5. The SMILES string of the molecule is CO[C@@H]1[C@@H](O)[C@H](O[C@@H]2[C@@H](O)[C@H](O[C@H]3[C@H](O)[C@@H](O)[C@H](O[C@H]4[C@H](O[C@H]5CC[C@]6(C)[C@@H]7CC[C@]89C(=O)O[C@@](C)(/C=C\C=C(C)C)[C@@]8(O)[C@@H](OC(C)=O)C[C@@]9(C)C7=CC[C@H]6C5(C)C)OC[C@@H](OS(=O)(=O)O)[C@@H]4O)O[C@@H]3CO)OC[C@H]2O)O[C@H](CO)[C@H]1O. The van der Waals surface area contributed by atoms with Crippen molar-refractivity contribution in [3.8, 4) is 0 Å². The number of hydrogen-bond acceptors (Lipinski definition) is 26. The predicted molar refractivity (Wildman–Crippen MR) is 278 cm³/mol. The summed E-state index contributed by atoms with van der Waals surface area (Å²) in [6.45, 7) is 12.1. The van der Waals surface area contributed by atoms with Crippen LogP contribution in [0.15, 0.2) is 35.5 Å². The summed E-state index contributed by atoms with van der Waals surface area (Å²) in [6, 6.07) is 0. The third kappa shape index (κ3) is 10.8. The molecule has 0 aromatic rings. The molecule has 0 amide bonds. The van der Waals surface area contributed by atoms with E-state index in [1.807, 2.05) is 40.7 Å². The van der Waals surface area contributed by atoms with Gasteiger partial charge in [-0.2, -0.15) is 8.42 Å². The van der Waals surface area contributed by atoms with E-state index >= 15 is 0 Å². The number of esters is 2. The minimum Gasteiger partial charge on any atom is -0.459 e. The van der Waals surface area contributed by atoms with E-state index in [0.717, 1.165) is 11.1 Å². The lowest BCUT2D eigenvalue weighted by Crippen LogP contribution is -2.66. The number of aliphatic hydroxyl groups excluding tert-OH is 9. The molecule has 5 heterocycles. The number of aliphatic hydroxyl groups is 10. The number of rotatable bonds is 16. The summed E-state index contributed by atoms with van der Waals surface area (Å²) in [6.07, 6.45) is -23.2. The lowest BCUT2D eigenvalue weighted by atomic mass is 9.40. The van der Waals surface area contributed by atoms with E-state index in [0.29, 0.717) is 25.7 Å². The Morgan fingerprint density at radius 3 is 2.00 bits per heavy atom. The second-order valence-corrected chi connectivity index (χ2v) is 26.4. The molecule has 8 fully saturated rings. The molecule has 9 aliphatic rings. The molecular formula is C55H84O27S. The van der Waals surface area contributed by atoms with Crippen LogP contribution in [0.5, 0.6) is 0 Å². The number of allylic oxidation sites excluding steroid dienone is 5. The molecule has 0 unspecified atom stereocenters. The van der Waals surface area contributed by atoms with Crippen molar-refractivity contribution in [1.82, 2.24) is 0 Å². The number of hydrogen-bond donors (Lipinski definition) is 11. The number of carbonyl (C=O) groups excluding carboxylic acids is 2. The van der Waals surface area contributed by atoms with Gasteiger partial charge in [-0.05, 0) is 88.0 Å². The van der Waals surface area contributed by atoms with Crippen molar-refractivity contribution in [2.75, 3.05) is 33.5 Å². The monoisotopic (exact) mass is 1210 g/mol. The van der Waals surface area contributed by atoms with Gasteiger partial charge in [0.25, 0.3) is 0 Å². The zero-order valence-electron chi connectivity index (χ0n) is 47.9. The number of fused-ring (bicyclic) bond motifs is 4. The highest BCUT2D eigenvalue weighted by Gasteiger charge is 2.87. The van der Waals surface area contributed by atoms with E-state index < -0.39 is 204 Å². The molecule has 0 aromatic carbocycles. The van der Waals surface area contributed by atoms with Crippen molar-refractivity contribution in [2.45, 2.75) is 228 Å². The van der Waals surface area contributed by atoms with Gasteiger partial charge in [0.2, 0.25) is 0 Å². The fourth-order valence-corrected chi connectivity index (χ4v) is 16.4. The topological polar surface area (TPSA) is 402 Å². The van der Waals surface area contributed by atoms with Gasteiger partial charge in [0.1, 0.15) is 97.0 Å². The van der Waals surface area contributed by atoms with E-state index in [4.69, 9.17) is 56.3 Å². The molecule has 83 heavy (non-hydrogen) atoms. The molecule has 5 saturated heterocycles. The first-order valence-corrected chi connectivity index (χ1v) is 29.6. The van der Waals surface area contributed by atoms with E-state index in [-0.39, 0.29) is 24.7 Å². The minimum absolute atomic E-state index is 0.121. The average molecular weight is 1210 g/mol. The van der Waals surface area contributed by atoms with Crippen molar-refractivity contribution in [1.29, 1.82) is 0 Å². The van der Waals surface area contributed by atoms with Crippen LogP contribution in [-0.4, -0.2) is 244 Å². The van der Waals surface area contributed by atoms with Gasteiger partial charge in [0.15, 0.2) is 36.4 Å². The highest BCUT2D eigenvalue weighted by molar-refractivity contribution is 7.80. The second-order valence-electron chi connectivity index (χ2n) is 25.4. The summed E-state index contributed by atoms with van der Waals surface area (Å²) < 4.78 is 103. The van der Waals surface area contributed by atoms with Crippen LogP contribution in [0.2, 0.25) is 0 Å². The third-order valence-corrected chi connectivity index (χ3v) is 20.5. The standard InChI is InChI=1S/C55H84O27S/c1-24(2)11-10-16-53(8)55(67)34(74-25(3)58)19-52(7)27-12-13-32-50(4,5)33(15-17-51(32,6)26(27)14-18-54(52,55)49(66)81-53)77-48-44(36(61)31(23-73-48)82-83(68,69)70)80-46-38(63)37(62)42(30(21-57)76-46)79-45-39(64)41(28(59)22-72-45)78-47-40(65)43(71-9)35(60)29(20-56)75-47/h10-12,16,26,28-48,56-57,59-65,67H,13-15,17-23H2,1-9H3,(H,68,69,70)/b16-10-/t26-,28-,29-,30-,31-,32+,33+,34+,35-,36+,37-,38-,39-,40-,41+,42-,43+,44-,45+,46+,47+,48+,51-,52+,53+,54-,55+/m1/s1. The molecule has 27 atom stereocenters. The quantitative estimate of drug-likeness (QED) is 0.0362. The lowest BCUT2D eigenvalue weighted by Gasteiger charge is -2.64. The van der Waals surface area contributed by atoms with Gasteiger partial charge in [-0.1, -0.05) is 57.1 Å². The minimum atomic E-state index is -5.22. The zero-order valence-corrected chi connectivity index (χ0v) is 48.8. The van der Waals surface area contributed by atoms with Crippen LogP contribution in [0.1, 0.15) is 93.9 Å². The summed E-state index contributed by atoms with van der Waals surface area (Å²) in [5, 5.41) is 112. The normalized spacial score (nSPS) is 49.6. The molecule has 0 bridgehead atoms. The van der Waals surface area contributed by atoms with Crippen LogP contribution in [0, 0.1) is 33.5 Å². The molecule has 3 saturated carbocycles. The molecule has 4 aliphatic carbocycles. The van der Waals surface area contributed by atoms with Gasteiger partial charge < -0.3 is 103 Å². The van der Waals surface area contributed by atoms with Crippen LogP contribution in [0.25, 0.3) is 0 Å². The molecular weight excluding hydrogens is 1120 g/mol. The Morgan fingerprint density at radius 1 is 0.735 bits per heavy atom. The summed E-state index contributed by atoms with van der Waals surface area (Å²) in [7, 11) is -4.03. The first kappa shape index (κ1) is 64.7. The summed E-state index contributed by atoms with van der Waals surface area (Å²) >= 11 is 0. The maximum Gasteiger partial charge on any atom is 0.397 e. The van der Waals surface area contributed by atoms with E-state index in [9.17, 15) is 73.6 Å². The van der Waals surface area contributed by atoms with Crippen LogP contribution in [0.3, 0.4) is 0 Å². The number of cyclic esters (lactones) is 1. The Kier molecular flexibility index (Phi) is 18.5. The van der Waals surface area contributed by atoms with Crippen LogP contribution in [0.4, 0.5) is 0 Å². The molecule has 9 rings (SSSR count). The summed E-state index contributed by atoms with van der Waals surface area (Å²) in [5.74, 6) is -1.41. The van der Waals surface area contributed by atoms with E-state index in [1.165, 1.54) is 14.0 Å². The number of carbonyl (C=O) groups is 2. The van der Waals surface area contributed by atoms with Crippen molar-refractivity contribution >= 4 is 22.3 Å². The molecule has 0 aromatic heterocycles. The average Bonchev–Trinajstić information content (AvgIpc) is 1.58. The largest absolute Gasteiger partial charge is 0.459 e. The zero-order chi connectivity index (χ0) is 60.9. The Hall–Kier alpha value is -2.73. The first-order chi connectivity index (χ1) is 38.8. The first-order valence-electron chi connectivity index (χ1n) is 28.3. The van der Waals surface area contributed by atoms with Gasteiger partial charge >= 0.3 is 22.3 Å². The Labute approximate surface area is 481 Å². The fourth-order valence-electron chi connectivity index (χ4n) is 15.9. The smallest absolute Gasteiger partial charge is 0.397 e. The Morgan fingerprint density at radius 2 is 1.36 bits per heavy atom. The molecule has 11 N–H and O–H groups in total. The predicted octanol–water partition coefficient (Wildman–Crippen LogP) is -1.52. The van der Waals surface area contributed by atoms with Crippen LogP contribution < -0.4 is 0 Å². The van der Waals surface area contributed by atoms with Gasteiger partial charge in [0.05, 0.1) is 32.5 Å². The van der Waals surface area contributed by atoms with Crippen LogP contribution in [-0.2, 0) is 76.3 Å². The molecule has 27 nitrogen and oxygen atoms in total. The van der Waals surface area contributed by atoms with Crippen molar-refractivity contribution < 1.29 is 130 Å². The maximum absolute atomic E-state index is 14.7. The lowest BCUT2D eigenvalue weighted by molar-refractivity contribution is -0.385. The highest BCUT2D eigenvalue weighted by atomic mass is 32.3. The summed E-state index contributed by atoms with van der Waals surface area (Å²) in [5.41, 5.74) is -5.20. The van der Waals surface area contributed by atoms with E-state index in [1.54, 1.807) is 19.1 Å². The number of methoxy groups -OCH3 is 1. The van der Waals surface area contributed by atoms with Gasteiger partial charge in [-0.25, -0.2) is 4.18 Å². The Balaban J connectivity index is 0.929. The second kappa shape index (κ2) is 23.7. The van der Waals surface area contributed by atoms with Crippen LogP contribution >= 0.6 is 0 Å². The highest BCUT2D eigenvalue weighted by Crippen LogP contribution is 2.77. The van der Waals surface area contributed by atoms with Crippen molar-refractivity contribution in [3.63, 3.8) is 0 Å². The number of ether oxygens (including phenoxy) is 11. The third-order valence-electron chi connectivity index (χ3n) is 20.0. The molecule has 472 valence electrons. The van der Waals surface area contributed by atoms with E-state index in [2.05, 4.69) is 13.0 Å². The Bertz CT molecular complexity index is 2580. The molecule has 28 heteroatoms. The van der Waals surface area contributed by atoms with Gasteiger partial charge in [0, 0.05) is 19.4 Å². The molecule has 1 spiro atoms. The maximum atomic E-state index is 14.7. The molecule has 0 radical (unpaired) electrons. The van der Waals surface area contributed by atoms with Gasteiger partial charge in [-0.15, -0.1) is 0 Å². The van der Waals surface area contributed by atoms with Crippen molar-refractivity contribution in [2.24, 2.45) is 33.5 Å². The fraction of sp³-hybridized carbons (Fsp3) is 0.855. The molecule has 5 aliphatic heterocycles. The van der Waals surface area contributed by atoms with Crippen molar-refractivity contribution in [3.05, 3.63) is 35.5 Å².